The maximum atomic E-state index is 5.84. The summed E-state index contributed by atoms with van der Waals surface area (Å²) in [6.07, 6.45) is 3.10. The van der Waals surface area contributed by atoms with Gasteiger partial charge in [-0.15, -0.1) is 0 Å². The highest BCUT2D eigenvalue weighted by molar-refractivity contribution is 5.26. The van der Waals surface area contributed by atoms with E-state index in [4.69, 9.17) is 9.47 Å². The second-order valence-corrected chi connectivity index (χ2v) is 5.70. The smallest absolute Gasteiger partial charge is 0.118 e. The Balaban J connectivity index is 1.40. The summed E-state index contributed by atoms with van der Waals surface area (Å²) in [5.41, 5.74) is 1.28. The quantitative estimate of drug-likeness (QED) is 0.856. The van der Waals surface area contributed by atoms with Crippen LogP contribution in [0.4, 0.5) is 0 Å². The van der Waals surface area contributed by atoms with Gasteiger partial charge in [0.1, 0.15) is 5.75 Å². The van der Waals surface area contributed by atoms with Crippen molar-refractivity contribution in [1.29, 1.82) is 0 Å². The number of nitrogens with one attached hydrogen (secondary N) is 1. The Hall–Kier alpha value is -1.10. The Morgan fingerprint density at radius 2 is 2.10 bits per heavy atom. The SMILES string of the molecule is COc1ccc(CNCC2CN(C3CC3)CCO2)cc1. The molecule has 1 aromatic rings. The molecule has 1 saturated carbocycles. The molecule has 1 heterocycles. The molecule has 4 heteroatoms. The van der Waals surface area contributed by atoms with Crippen LogP contribution < -0.4 is 10.1 Å². The topological polar surface area (TPSA) is 33.7 Å². The highest BCUT2D eigenvalue weighted by atomic mass is 16.5. The van der Waals surface area contributed by atoms with Gasteiger partial charge in [-0.25, -0.2) is 0 Å². The Labute approximate surface area is 121 Å². The van der Waals surface area contributed by atoms with Gasteiger partial charge in [-0.2, -0.15) is 0 Å². The van der Waals surface area contributed by atoms with Gasteiger partial charge < -0.3 is 14.8 Å². The Kier molecular flexibility index (Phi) is 4.55. The van der Waals surface area contributed by atoms with Crippen LogP contribution in [0, 0.1) is 0 Å². The average Bonchev–Trinajstić information content (AvgIpc) is 3.33. The molecule has 0 spiro atoms. The summed E-state index contributed by atoms with van der Waals surface area (Å²) in [6, 6.07) is 9.06. The van der Waals surface area contributed by atoms with Gasteiger partial charge in [-0.3, -0.25) is 4.90 Å². The molecular weight excluding hydrogens is 252 g/mol. The molecule has 1 N–H and O–H groups in total. The van der Waals surface area contributed by atoms with Crippen molar-refractivity contribution in [1.82, 2.24) is 10.2 Å². The van der Waals surface area contributed by atoms with E-state index in [9.17, 15) is 0 Å². The lowest BCUT2D eigenvalue weighted by molar-refractivity contribution is -0.0301. The molecule has 2 aliphatic rings. The molecule has 1 aliphatic heterocycles. The zero-order valence-corrected chi connectivity index (χ0v) is 12.2. The normalized spacial score (nSPS) is 23.8. The molecular formula is C16H24N2O2. The second kappa shape index (κ2) is 6.57. The van der Waals surface area contributed by atoms with E-state index < -0.39 is 0 Å². The van der Waals surface area contributed by atoms with Crippen LogP contribution in [0.15, 0.2) is 24.3 Å². The second-order valence-electron chi connectivity index (χ2n) is 5.70. The van der Waals surface area contributed by atoms with Crippen molar-refractivity contribution >= 4 is 0 Å². The molecule has 110 valence electrons. The fourth-order valence-electron chi connectivity index (χ4n) is 2.76. The van der Waals surface area contributed by atoms with Gasteiger partial charge in [0, 0.05) is 32.2 Å². The first-order valence-corrected chi connectivity index (χ1v) is 7.54. The van der Waals surface area contributed by atoms with Crippen LogP contribution in [0.25, 0.3) is 0 Å². The van der Waals surface area contributed by atoms with E-state index in [0.717, 1.165) is 44.6 Å². The predicted molar refractivity (Wildman–Crippen MR) is 79.0 cm³/mol. The van der Waals surface area contributed by atoms with E-state index in [-0.39, 0.29) is 0 Å². The van der Waals surface area contributed by atoms with E-state index in [1.807, 2.05) is 12.1 Å². The van der Waals surface area contributed by atoms with Gasteiger partial charge in [0.05, 0.1) is 19.8 Å². The van der Waals surface area contributed by atoms with E-state index in [0.29, 0.717) is 6.10 Å². The lowest BCUT2D eigenvalue weighted by Crippen LogP contribution is -2.47. The van der Waals surface area contributed by atoms with Crippen molar-refractivity contribution < 1.29 is 9.47 Å². The number of hydrogen-bond donors (Lipinski definition) is 1. The van der Waals surface area contributed by atoms with Gasteiger partial charge >= 0.3 is 0 Å². The third-order valence-corrected chi connectivity index (χ3v) is 4.09. The summed E-state index contributed by atoms with van der Waals surface area (Å²) in [6.45, 7) is 4.88. The lowest BCUT2D eigenvalue weighted by atomic mass is 10.2. The van der Waals surface area contributed by atoms with E-state index >= 15 is 0 Å². The number of benzene rings is 1. The minimum Gasteiger partial charge on any atom is -0.497 e. The van der Waals surface area contributed by atoms with Crippen molar-refractivity contribution in [3.05, 3.63) is 29.8 Å². The summed E-state index contributed by atoms with van der Waals surface area (Å²) in [4.78, 5) is 2.59. The summed E-state index contributed by atoms with van der Waals surface area (Å²) in [7, 11) is 1.69. The first kappa shape index (κ1) is 13.9. The highest BCUT2D eigenvalue weighted by Crippen LogP contribution is 2.28. The molecule has 3 rings (SSSR count). The largest absolute Gasteiger partial charge is 0.497 e. The lowest BCUT2D eigenvalue weighted by Gasteiger charge is -2.33. The fourth-order valence-corrected chi connectivity index (χ4v) is 2.76. The Morgan fingerprint density at radius 1 is 1.30 bits per heavy atom. The van der Waals surface area contributed by atoms with Gasteiger partial charge in [0.25, 0.3) is 0 Å². The summed E-state index contributed by atoms with van der Waals surface area (Å²) < 4.78 is 11.0. The first-order chi connectivity index (χ1) is 9.85. The number of hydrogen-bond acceptors (Lipinski definition) is 4. The molecule has 1 saturated heterocycles. The fraction of sp³-hybridized carbons (Fsp3) is 0.625. The van der Waals surface area contributed by atoms with Crippen LogP contribution in [0.3, 0.4) is 0 Å². The summed E-state index contributed by atoms with van der Waals surface area (Å²) in [5, 5.41) is 3.50. The number of rotatable bonds is 6. The number of ether oxygens (including phenoxy) is 2. The first-order valence-electron chi connectivity index (χ1n) is 7.54. The molecule has 0 radical (unpaired) electrons. The van der Waals surface area contributed by atoms with Crippen LogP contribution in [0.5, 0.6) is 5.75 Å². The van der Waals surface area contributed by atoms with Crippen molar-refractivity contribution in [2.24, 2.45) is 0 Å². The molecule has 2 fully saturated rings. The van der Waals surface area contributed by atoms with Crippen molar-refractivity contribution in [3.63, 3.8) is 0 Å². The van der Waals surface area contributed by atoms with Crippen LogP contribution in [-0.4, -0.2) is 50.4 Å². The third-order valence-electron chi connectivity index (χ3n) is 4.09. The number of morpholine rings is 1. The van der Waals surface area contributed by atoms with Gasteiger partial charge in [-0.05, 0) is 30.5 Å². The van der Waals surface area contributed by atoms with E-state index in [1.165, 1.54) is 18.4 Å². The van der Waals surface area contributed by atoms with E-state index in [2.05, 4.69) is 22.3 Å². The highest BCUT2D eigenvalue weighted by Gasteiger charge is 2.32. The van der Waals surface area contributed by atoms with Crippen LogP contribution in [-0.2, 0) is 11.3 Å². The van der Waals surface area contributed by atoms with Gasteiger partial charge in [0.15, 0.2) is 0 Å². The molecule has 20 heavy (non-hydrogen) atoms. The molecule has 1 atom stereocenters. The Bertz CT molecular complexity index is 417. The van der Waals surface area contributed by atoms with E-state index in [1.54, 1.807) is 7.11 Å². The Morgan fingerprint density at radius 3 is 2.80 bits per heavy atom. The minimum atomic E-state index is 0.336. The van der Waals surface area contributed by atoms with Gasteiger partial charge in [-0.1, -0.05) is 12.1 Å². The summed E-state index contributed by atoms with van der Waals surface area (Å²) in [5.74, 6) is 0.907. The third kappa shape index (κ3) is 3.72. The van der Waals surface area contributed by atoms with Crippen molar-refractivity contribution in [2.75, 3.05) is 33.4 Å². The standard InChI is InChI=1S/C16H24N2O2/c1-19-15-6-2-13(3-7-15)10-17-11-16-12-18(8-9-20-16)14-4-5-14/h2-3,6-7,14,16-17H,4-5,8-12H2,1H3. The number of nitrogens with zero attached hydrogens (tertiary/aromatic N) is 1. The van der Waals surface area contributed by atoms with Crippen LogP contribution in [0.1, 0.15) is 18.4 Å². The average molecular weight is 276 g/mol. The summed E-state index contributed by atoms with van der Waals surface area (Å²) >= 11 is 0. The zero-order chi connectivity index (χ0) is 13.8. The molecule has 0 bridgehead atoms. The monoisotopic (exact) mass is 276 g/mol. The maximum absolute atomic E-state index is 5.84. The van der Waals surface area contributed by atoms with Crippen molar-refractivity contribution in [2.45, 2.75) is 31.5 Å². The molecule has 4 nitrogen and oxygen atoms in total. The van der Waals surface area contributed by atoms with Crippen LogP contribution in [0.2, 0.25) is 0 Å². The maximum Gasteiger partial charge on any atom is 0.118 e. The predicted octanol–water partition coefficient (Wildman–Crippen LogP) is 1.65. The zero-order valence-electron chi connectivity index (χ0n) is 12.2. The minimum absolute atomic E-state index is 0.336. The van der Waals surface area contributed by atoms with Gasteiger partial charge in [0.2, 0.25) is 0 Å². The van der Waals surface area contributed by atoms with Crippen molar-refractivity contribution in [3.8, 4) is 5.75 Å². The molecule has 0 amide bonds. The molecule has 0 aromatic heterocycles. The molecule has 1 aliphatic carbocycles. The van der Waals surface area contributed by atoms with Crippen LogP contribution >= 0.6 is 0 Å². The number of methoxy groups -OCH3 is 1. The molecule has 1 aromatic carbocycles. The molecule has 1 unspecified atom stereocenters.